The summed E-state index contributed by atoms with van der Waals surface area (Å²) < 4.78 is 15.2. The number of hydrogen-bond donors (Lipinski definition) is 3. The Balaban J connectivity index is 1.75. The van der Waals surface area contributed by atoms with Gasteiger partial charge in [0.25, 0.3) is 0 Å². The fourth-order valence-electron chi connectivity index (χ4n) is 3.08. The van der Waals surface area contributed by atoms with Crippen molar-refractivity contribution in [2.75, 3.05) is 45.1 Å². The van der Waals surface area contributed by atoms with Crippen LogP contribution in [0.5, 0.6) is 5.75 Å². The van der Waals surface area contributed by atoms with Crippen molar-refractivity contribution in [3.8, 4) is 5.75 Å². The molecular weight excluding hydrogens is 350 g/mol. The normalized spacial score (nSPS) is 19.3. The predicted molar refractivity (Wildman–Crippen MR) is 103 cm³/mol. The van der Waals surface area contributed by atoms with E-state index in [1.165, 1.54) is 0 Å². The third kappa shape index (κ3) is 6.73. The first-order chi connectivity index (χ1) is 13.0. The monoisotopic (exact) mass is 379 g/mol. The lowest BCUT2D eigenvalue weighted by Gasteiger charge is -2.28. The van der Waals surface area contributed by atoms with E-state index in [0.717, 1.165) is 12.8 Å². The number of amides is 2. The molecule has 1 saturated carbocycles. The molecule has 2 amide bonds. The second kappa shape index (κ2) is 10.7. The molecule has 4 N–H and O–H groups in total. The molecule has 0 heterocycles. The average Bonchev–Trinajstić information content (AvgIpc) is 2.67. The van der Waals surface area contributed by atoms with Crippen molar-refractivity contribution in [3.63, 3.8) is 0 Å². The number of nitrogen functional groups attached to an aromatic ring is 1. The van der Waals surface area contributed by atoms with Crippen LogP contribution in [0.3, 0.4) is 0 Å². The van der Waals surface area contributed by atoms with Crippen molar-refractivity contribution < 1.29 is 23.8 Å². The fraction of sp³-hybridized carbons (Fsp3) is 0.579. The number of carbonyl (C=O) groups is 2. The minimum Gasteiger partial charge on any atom is -0.497 e. The highest BCUT2D eigenvalue weighted by atomic mass is 16.5. The average molecular weight is 379 g/mol. The van der Waals surface area contributed by atoms with Crippen molar-refractivity contribution in [1.29, 1.82) is 0 Å². The van der Waals surface area contributed by atoms with Gasteiger partial charge in [-0.3, -0.25) is 9.59 Å². The van der Waals surface area contributed by atoms with E-state index in [-0.39, 0.29) is 30.4 Å². The Hall–Kier alpha value is -2.32. The van der Waals surface area contributed by atoms with Crippen LogP contribution in [-0.2, 0) is 19.1 Å². The number of benzene rings is 1. The Bertz CT molecular complexity index is 630. The molecule has 0 spiro atoms. The van der Waals surface area contributed by atoms with Gasteiger partial charge in [-0.1, -0.05) is 0 Å². The first kappa shape index (κ1) is 21.0. The molecule has 0 bridgehead atoms. The Morgan fingerprint density at radius 2 is 1.89 bits per heavy atom. The van der Waals surface area contributed by atoms with E-state index in [0.29, 0.717) is 43.2 Å². The number of methoxy groups -OCH3 is 2. The lowest BCUT2D eigenvalue weighted by atomic mass is 9.85. The number of ether oxygens (including phenoxy) is 3. The highest BCUT2D eigenvalue weighted by molar-refractivity contribution is 5.95. The van der Waals surface area contributed by atoms with Crippen LogP contribution in [0.4, 0.5) is 11.4 Å². The Kier molecular flexibility index (Phi) is 8.35. The zero-order valence-corrected chi connectivity index (χ0v) is 16.0. The van der Waals surface area contributed by atoms with Crippen molar-refractivity contribution >= 4 is 23.2 Å². The Morgan fingerprint density at radius 1 is 1.15 bits per heavy atom. The highest BCUT2D eigenvalue weighted by Gasteiger charge is 2.27. The Morgan fingerprint density at radius 3 is 2.56 bits per heavy atom. The number of nitrogens with one attached hydrogen (secondary N) is 2. The van der Waals surface area contributed by atoms with Crippen LogP contribution in [0, 0.1) is 5.92 Å². The molecule has 0 radical (unpaired) electrons. The zero-order valence-electron chi connectivity index (χ0n) is 16.0. The second-order valence-electron chi connectivity index (χ2n) is 6.60. The topological polar surface area (TPSA) is 112 Å². The van der Waals surface area contributed by atoms with Gasteiger partial charge in [0, 0.05) is 25.1 Å². The van der Waals surface area contributed by atoms with Gasteiger partial charge in [-0.25, -0.2) is 0 Å². The smallest absolute Gasteiger partial charge is 0.246 e. The molecule has 1 aromatic rings. The van der Waals surface area contributed by atoms with Crippen LogP contribution in [0.25, 0.3) is 0 Å². The molecule has 8 nitrogen and oxygen atoms in total. The van der Waals surface area contributed by atoms with Crippen LogP contribution in [0.2, 0.25) is 0 Å². The highest BCUT2D eigenvalue weighted by Crippen LogP contribution is 2.28. The molecule has 1 aliphatic carbocycles. The molecule has 0 unspecified atom stereocenters. The van der Waals surface area contributed by atoms with E-state index in [4.69, 9.17) is 19.9 Å². The van der Waals surface area contributed by atoms with Crippen molar-refractivity contribution in [3.05, 3.63) is 18.2 Å². The van der Waals surface area contributed by atoms with Gasteiger partial charge in [0.1, 0.15) is 12.4 Å². The summed E-state index contributed by atoms with van der Waals surface area (Å²) in [6.07, 6.45) is 2.95. The van der Waals surface area contributed by atoms with E-state index in [9.17, 15) is 9.59 Å². The molecule has 0 saturated heterocycles. The van der Waals surface area contributed by atoms with E-state index in [1.807, 2.05) is 0 Å². The summed E-state index contributed by atoms with van der Waals surface area (Å²) in [7, 11) is 3.15. The molecule has 1 aliphatic rings. The fourth-order valence-corrected chi connectivity index (χ4v) is 3.08. The lowest BCUT2D eigenvalue weighted by Crippen LogP contribution is -2.41. The second-order valence-corrected chi connectivity index (χ2v) is 6.60. The standard InChI is InChI=1S/C19H29N3O5/c1-25-9-10-27-12-18(23)21-14-5-3-13(4-6-14)19(24)22-17-11-15(26-2)7-8-16(17)20/h7-8,11,13-14H,3-6,9-10,12,20H2,1-2H3,(H,21,23)(H,22,24). The van der Waals surface area contributed by atoms with Crippen molar-refractivity contribution in [2.24, 2.45) is 5.92 Å². The summed E-state index contributed by atoms with van der Waals surface area (Å²) in [6.45, 7) is 0.883. The molecular formula is C19H29N3O5. The van der Waals surface area contributed by atoms with Gasteiger partial charge in [0.2, 0.25) is 11.8 Å². The number of nitrogens with two attached hydrogens (primary N) is 1. The van der Waals surface area contributed by atoms with Crippen LogP contribution >= 0.6 is 0 Å². The summed E-state index contributed by atoms with van der Waals surface area (Å²) in [6, 6.07) is 5.24. The van der Waals surface area contributed by atoms with E-state index in [2.05, 4.69) is 10.6 Å². The van der Waals surface area contributed by atoms with Crippen molar-refractivity contribution in [1.82, 2.24) is 5.32 Å². The van der Waals surface area contributed by atoms with E-state index >= 15 is 0 Å². The van der Waals surface area contributed by atoms with Crippen LogP contribution in [0.15, 0.2) is 18.2 Å². The summed E-state index contributed by atoms with van der Waals surface area (Å²) in [4.78, 5) is 24.4. The third-order valence-corrected chi connectivity index (χ3v) is 4.65. The summed E-state index contributed by atoms with van der Waals surface area (Å²) in [5.74, 6) is 0.353. The minimum absolute atomic E-state index is 0.0267. The molecule has 150 valence electrons. The molecule has 1 aromatic carbocycles. The van der Waals surface area contributed by atoms with Gasteiger partial charge < -0.3 is 30.6 Å². The quantitative estimate of drug-likeness (QED) is 0.443. The number of anilines is 2. The van der Waals surface area contributed by atoms with Crippen LogP contribution in [-0.4, -0.2) is 51.9 Å². The van der Waals surface area contributed by atoms with Gasteiger partial charge in [-0.15, -0.1) is 0 Å². The summed E-state index contributed by atoms with van der Waals surface area (Å²) in [5, 5.41) is 5.84. The maximum atomic E-state index is 12.5. The van der Waals surface area contributed by atoms with Crippen LogP contribution < -0.4 is 21.1 Å². The van der Waals surface area contributed by atoms with Gasteiger partial charge in [-0.2, -0.15) is 0 Å². The number of rotatable bonds is 9. The first-order valence-electron chi connectivity index (χ1n) is 9.14. The molecule has 8 heteroatoms. The largest absolute Gasteiger partial charge is 0.497 e. The predicted octanol–water partition coefficient (Wildman–Crippen LogP) is 1.55. The van der Waals surface area contributed by atoms with Gasteiger partial charge in [0.05, 0.1) is 31.7 Å². The van der Waals surface area contributed by atoms with Crippen LogP contribution in [0.1, 0.15) is 25.7 Å². The van der Waals surface area contributed by atoms with Gasteiger partial charge in [-0.05, 0) is 37.8 Å². The molecule has 2 rings (SSSR count). The maximum Gasteiger partial charge on any atom is 0.246 e. The number of carbonyl (C=O) groups excluding carboxylic acids is 2. The van der Waals surface area contributed by atoms with Crippen molar-refractivity contribution in [2.45, 2.75) is 31.7 Å². The zero-order chi connectivity index (χ0) is 19.6. The van der Waals surface area contributed by atoms with E-state index < -0.39 is 0 Å². The SMILES string of the molecule is COCCOCC(=O)NC1CCC(C(=O)Nc2cc(OC)ccc2N)CC1. The molecule has 0 atom stereocenters. The Labute approximate surface area is 159 Å². The number of hydrogen-bond acceptors (Lipinski definition) is 6. The third-order valence-electron chi connectivity index (χ3n) is 4.65. The van der Waals surface area contributed by atoms with Gasteiger partial charge in [0.15, 0.2) is 0 Å². The maximum absolute atomic E-state index is 12.5. The molecule has 0 aliphatic heterocycles. The lowest BCUT2D eigenvalue weighted by molar-refractivity contribution is -0.127. The summed E-state index contributed by atoms with van der Waals surface area (Å²) in [5.41, 5.74) is 6.98. The molecule has 27 heavy (non-hydrogen) atoms. The first-order valence-corrected chi connectivity index (χ1v) is 9.14. The molecule has 0 aromatic heterocycles. The van der Waals surface area contributed by atoms with E-state index in [1.54, 1.807) is 32.4 Å². The minimum atomic E-state index is -0.136. The molecule has 1 fully saturated rings. The summed E-state index contributed by atoms with van der Waals surface area (Å²) >= 11 is 0. The van der Waals surface area contributed by atoms with Gasteiger partial charge >= 0.3 is 0 Å².